The van der Waals surface area contributed by atoms with Crippen LogP contribution < -0.4 is 10.2 Å². The first kappa shape index (κ1) is 16.5. The highest BCUT2D eigenvalue weighted by Crippen LogP contribution is 2.21. The van der Waals surface area contributed by atoms with Crippen molar-refractivity contribution < 1.29 is 4.79 Å². The third-order valence-corrected chi connectivity index (χ3v) is 4.71. The van der Waals surface area contributed by atoms with Crippen molar-refractivity contribution in [1.29, 1.82) is 0 Å². The molecule has 1 unspecified atom stereocenters. The largest absolute Gasteiger partial charge is 0.354 e. The summed E-state index contributed by atoms with van der Waals surface area (Å²) in [5, 5.41) is 7.43. The van der Waals surface area contributed by atoms with Crippen LogP contribution in [0.25, 0.3) is 5.65 Å². The monoisotopic (exact) mass is 351 g/mol. The molecule has 0 aromatic carbocycles. The van der Waals surface area contributed by atoms with E-state index in [1.54, 1.807) is 22.8 Å². The Bertz CT molecular complexity index is 922. The molecule has 1 amide bonds. The number of amides is 1. The van der Waals surface area contributed by atoms with Gasteiger partial charge in [0.1, 0.15) is 11.6 Å². The zero-order valence-corrected chi connectivity index (χ0v) is 14.8. The summed E-state index contributed by atoms with van der Waals surface area (Å²) in [6, 6.07) is 9.73. The Kier molecular flexibility index (Phi) is 4.26. The van der Waals surface area contributed by atoms with Crippen LogP contribution in [0.5, 0.6) is 0 Å². The molecule has 1 saturated heterocycles. The van der Waals surface area contributed by atoms with Crippen LogP contribution in [0.2, 0.25) is 0 Å². The normalized spacial score (nSPS) is 17.2. The molecular weight excluding hydrogens is 330 g/mol. The highest BCUT2D eigenvalue weighted by atomic mass is 16.2. The zero-order chi connectivity index (χ0) is 18.1. The van der Waals surface area contributed by atoms with E-state index in [-0.39, 0.29) is 5.91 Å². The number of fused-ring (bicyclic) bond motifs is 1. The maximum Gasteiger partial charge on any atom is 0.277 e. The number of hydrogen-bond donors (Lipinski definition) is 1. The molecule has 4 rings (SSSR count). The highest BCUT2D eigenvalue weighted by molar-refractivity contribution is 6.02. The summed E-state index contributed by atoms with van der Waals surface area (Å²) in [6.45, 7) is 1.88. The first-order chi connectivity index (χ1) is 12.6. The topological polar surface area (TPSA) is 78.7 Å². The minimum Gasteiger partial charge on any atom is -0.354 e. The Hall–Kier alpha value is -3.00. The minimum absolute atomic E-state index is 0.284. The molecule has 0 spiro atoms. The minimum atomic E-state index is -0.284. The first-order valence-electron chi connectivity index (χ1n) is 8.60. The lowest BCUT2D eigenvalue weighted by Gasteiger charge is -2.21. The standard InChI is InChI=1S/C18H21N7O/c1-23(2)13-8-10-24(12-13)17-7-6-16-20-11-14(25(16)22-17)18(26)21-15-5-3-4-9-19-15/h3-7,9,11,13H,8,10,12H2,1-2H3,(H,19,21,26). The van der Waals surface area contributed by atoms with E-state index in [4.69, 9.17) is 0 Å². The molecule has 1 aliphatic rings. The number of nitrogens with one attached hydrogen (secondary N) is 1. The van der Waals surface area contributed by atoms with Crippen LogP contribution in [-0.4, -0.2) is 63.6 Å². The number of likely N-dealkylation sites (N-methyl/N-ethyl adjacent to an activating group) is 1. The summed E-state index contributed by atoms with van der Waals surface area (Å²) in [7, 11) is 4.20. The van der Waals surface area contributed by atoms with Gasteiger partial charge >= 0.3 is 0 Å². The average molecular weight is 351 g/mol. The van der Waals surface area contributed by atoms with Crippen molar-refractivity contribution in [3.63, 3.8) is 0 Å². The highest BCUT2D eigenvalue weighted by Gasteiger charge is 2.25. The fraction of sp³-hybridized carbons (Fsp3) is 0.333. The lowest BCUT2D eigenvalue weighted by Crippen LogP contribution is -2.32. The van der Waals surface area contributed by atoms with Gasteiger partial charge in [0.25, 0.3) is 5.91 Å². The van der Waals surface area contributed by atoms with Crippen molar-refractivity contribution in [2.24, 2.45) is 0 Å². The van der Waals surface area contributed by atoms with E-state index in [9.17, 15) is 4.79 Å². The van der Waals surface area contributed by atoms with Gasteiger partial charge in [-0.05, 0) is 44.8 Å². The first-order valence-corrected chi connectivity index (χ1v) is 8.60. The molecule has 4 heterocycles. The smallest absolute Gasteiger partial charge is 0.277 e. The van der Waals surface area contributed by atoms with Crippen LogP contribution in [0.3, 0.4) is 0 Å². The quantitative estimate of drug-likeness (QED) is 0.768. The number of aromatic nitrogens is 4. The number of pyridine rings is 1. The molecular formula is C18H21N7O. The van der Waals surface area contributed by atoms with Crippen LogP contribution in [-0.2, 0) is 0 Å². The van der Waals surface area contributed by atoms with Gasteiger partial charge in [-0.1, -0.05) is 6.07 Å². The molecule has 1 aliphatic heterocycles. The summed E-state index contributed by atoms with van der Waals surface area (Å²) in [6.07, 6.45) is 4.27. The van der Waals surface area contributed by atoms with Gasteiger partial charge in [0, 0.05) is 25.3 Å². The van der Waals surface area contributed by atoms with Crippen molar-refractivity contribution in [3.05, 3.63) is 48.4 Å². The number of hydrogen-bond acceptors (Lipinski definition) is 6. The molecule has 134 valence electrons. The number of carbonyl (C=O) groups is 1. The summed E-state index contributed by atoms with van der Waals surface area (Å²) < 4.78 is 1.59. The number of imidazole rings is 1. The molecule has 3 aromatic heterocycles. The van der Waals surface area contributed by atoms with E-state index in [1.165, 1.54) is 6.20 Å². The lowest BCUT2D eigenvalue weighted by atomic mass is 10.2. The number of rotatable bonds is 4. The van der Waals surface area contributed by atoms with E-state index in [2.05, 4.69) is 44.3 Å². The molecule has 0 bridgehead atoms. The van der Waals surface area contributed by atoms with E-state index in [0.29, 0.717) is 23.2 Å². The van der Waals surface area contributed by atoms with Gasteiger partial charge in [0.15, 0.2) is 11.3 Å². The Balaban J connectivity index is 1.60. The molecule has 0 saturated carbocycles. The van der Waals surface area contributed by atoms with Crippen molar-refractivity contribution in [2.45, 2.75) is 12.5 Å². The van der Waals surface area contributed by atoms with Crippen LogP contribution >= 0.6 is 0 Å². The average Bonchev–Trinajstić information content (AvgIpc) is 3.29. The second kappa shape index (κ2) is 6.72. The van der Waals surface area contributed by atoms with Gasteiger partial charge in [-0.25, -0.2) is 14.5 Å². The Morgan fingerprint density at radius 3 is 2.85 bits per heavy atom. The summed E-state index contributed by atoms with van der Waals surface area (Å²) in [4.78, 5) is 25.5. The fourth-order valence-corrected chi connectivity index (χ4v) is 3.18. The maximum absolute atomic E-state index is 12.6. The Morgan fingerprint density at radius 1 is 1.23 bits per heavy atom. The fourth-order valence-electron chi connectivity index (χ4n) is 3.18. The van der Waals surface area contributed by atoms with Gasteiger partial charge in [-0.2, -0.15) is 0 Å². The maximum atomic E-state index is 12.6. The van der Waals surface area contributed by atoms with Crippen molar-refractivity contribution in [3.8, 4) is 0 Å². The van der Waals surface area contributed by atoms with Gasteiger partial charge in [0.2, 0.25) is 0 Å². The number of anilines is 2. The molecule has 8 nitrogen and oxygen atoms in total. The Morgan fingerprint density at radius 2 is 2.12 bits per heavy atom. The molecule has 26 heavy (non-hydrogen) atoms. The zero-order valence-electron chi connectivity index (χ0n) is 14.8. The van der Waals surface area contributed by atoms with Gasteiger partial charge < -0.3 is 15.1 Å². The lowest BCUT2D eigenvalue weighted by molar-refractivity contribution is 0.102. The van der Waals surface area contributed by atoms with E-state index >= 15 is 0 Å². The summed E-state index contributed by atoms with van der Waals surface area (Å²) in [5.74, 6) is 1.07. The van der Waals surface area contributed by atoms with Gasteiger partial charge in [-0.3, -0.25) is 4.79 Å². The number of carbonyl (C=O) groups excluding carboxylic acids is 1. The molecule has 1 atom stereocenters. The van der Waals surface area contributed by atoms with Crippen LogP contribution in [0.4, 0.5) is 11.6 Å². The molecule has 0 radical (unpaired) electrons. The molecule has 1 N–H and O–H groups in total. The summed E-state index contributed by atoms with van der Waals surface area (Å²) >= 11 is 0. The van der Waals surface area contributed by atoms with Gasteiger partial charge in [0.05, 0.1) is 6.20 Å². The van der Waals surface area contributed by atoms with Crippen LogP contribution in [0.15, 0.2) is 42.7 Å². The summed E-state index contributed by atoms with van der Waals surface area (Å²) in [5.41, 5.74) is 1.03. The SMILES string of the molecule is CN(C)C1CCN(c2ccc3ncc(C(=O)Nc4ccccn4)n3n2)C1. The Labute approximate surface area is 151 Å². The third-order valence-electron chi connectivity index (χ3n) is 4.71. The van der Waals surface area contributed by atoms with E-state index < -0.39 is 0 Å². The predicted octanol–water partition coefficient (Wildman–Crippen LogP) is 1.52. The number of nitrogens with zero attached hydrogens (tertiary/aromatic N) is 6. The predicted molar refractivity (Wildman–Crippen MR) is 99.5 cm³/mol. The van der Waals surface area contributed by atoms with Crippen molar-refractivity contribution in [1.82, 2.24) is 24.5 Å². The third kappa shape index (κ3) is 3.11. The van der Waals surface area contributed by atoms with Gasteiger partial charge in [-0.15, -0.1) is 5.10 Å². The molecule has 0 aliphatic carbocycles. The molecule has 8 heteroatoms. The van der Waals surface area contributed by atoms with Crippen LogP contribution in [0.1, 0.15) is 16.9 Å². The van der Waals surface area contributed by atoms with Crippen LogP contribution in [0, 0.1) is 0 Å². The second-order valence-electron chi connectivity index (χ2n) is 6.63. The molecule has 3 aromatic rings. The van der Waals surface area contributed by atoms with E-state index in [1.807, 2.05) is 18.2 Å². The van der Waals surface area contributed by atoms with E-state index in [0.717, 1.165) is 25.3 Å². The van der Waals surface area contributed by atoms with Crippen molar-refractivity contribution >= 4 is 23.2 Å². The molecule has 1 fully saturated rings. The van der Waals surface area contributed by atoms with Crippen molar-refractivity contribution in [2.75, 3.05) is 37.4 Å². The second-order valence-corrected chi connectivity index (χ2v) is 6.63.